The predicted molar refractivity (Wildman–Crippen MR) is 102 cm³/mol. The molecule has 0 bridgehead atoms. The lowest BCUT2D eigenvalue weighted by Gasteiger charge is -2.11. The SMILES string of the molecule is CC(C)CCn1c(Oc2ccc(C=O)cc2)nc2c1c(=O)n(C)c(=O)n2C. The Bertz CT molecular complexity index is 1100. The van der Waals surface area contributed by atoms with Crippen molar-refractivity contribution in [1.29, 1.82) is 0 Å². The van der Waals surface area contributed by atoms with Crippen molar-refractivity contribution < 1.29 is 9.53 Å². The largest absolute Gasteiger partial charge is 0.425 e. The minimum atomic E-state index is -0.442. The number of aromatic nitrogens is 4. The van der Waals surface area contributed by atoms with Crippen molar-refractivity contribution in [3.8, 4) is 11.8 Å². The monoisotopic (exact) mass is 370 g/mol. The predicted octanol–water partition coefficient (Wildman–Crippen LogP) is 2.08. The topological polar surface area (TPSA) is 88.1 Å². The number of carbonyl (C=O) groups excluding carboxylic acids is 1. The van der Waals surface area contributed by atoms with Crippen LogP contribution in [0, 0.1) is 5.92 Å². The molecule has 0 aliphatic rings. The van der Waals surface area contributed by atoms with E-state index in [-0.39, 0.29) is 11.7 Å². The first-order valence-corrected chi connectivity index (χ1v) is 8.72. The van der Waals surface area contributed by atoms with E-state index in [2.05, 4.69) is 18.8 Å². The molecule has 0 saturated carbocycles. The fraction of sp³-hybridized carbons (Fsp3) is 0.368. The summed E-state index contributed by atoms with van der Waals surface area (Å²) in [5.41, 5.74) is 0.302. The van der Waals surface area contributed by atoms with Crippen molar-refractivity contribution in [3.63, 3.8) is 0 Å². The third kappa shape index (κ3) is 3.42. The molecule has 3 aromatic rings. The maximum absolute atomic E-state index is 12.7. The molecule has 0 amide bonds. The molecule has 0 spiro atoms. The van der Waals surface area contributed by atoms with Gasteiger partial charge in [-0.2, -0.15) is 4.98 Å². The Kier molecular flexibility index (Phi) is 4.98. The summed E-state index contributed by atoms with van der Waals surface area (Å²) in [6.45, 7) is 4.71. The van der Waals surface area contributed by atoms with Crippen LogP contribution in [-0.4, -0.2) is 25.0 Å². The Balaban J connectivity index is 2.17. The van der Waals surface area contributed by atoms with Crippen LogP contribution in [0.4, 0.5) is 0 Å². The first kappa shape index (κ1) is 18.6. The van der Waals surface area contributed by atoms with Gasteiger partial charge in [-0.3, -0.25) is 23.3 Å². The van der Waals surface area contributed by atoms with Crippen molar-refractivity contribution >= 4 is 17.5 Å². The number of nitrogens with zero attached hydrogens (tertiary/aromatic N) is 4. The van der Waals surface area contributed by atoms with Crippen molar-refractivity contribution in [3.05, 3.63) is 50.7 Å². The summed E-state index contributed by atoms with van der Waals surface area (Å²) >= 11 is 0. The number of hydrogen-bond acceptors (Lipinski definition) is 5. The average molecular weight is 370 g/mol. The van der Waals surface area contributed by atoms with E-state index >= 15 is 0 Å². The minimum Gasteiger partial charge on any atom is -0.425 e. The minimum absolute atomic E-state index is 0.239. The summed E-state index contributed by atoms with van der Waals surface area (Å²) in [6.07, 6.45) is 1.57. The average Bonchev–Trinajstić information content (AvgIpc) is 3.01. The van der Waals surface area contributed by atoms with Crippen LogP contribution in [0.3, 0.4) is 0 Å². The number of hydrogen-bond donors (Lipinski definition) is 0. The van der Waals surface area contributed by atoms with Crippen LogP contribution in [0.2, 0.25) is 0 Å². The highest BCUT2D eigenvalue weighted by molar-refractivity contribution is 5.75. The van der Waals surface area contributed by atoms with Crippen molar-refractivity contribution in [2.24, 2.45) is 20.0 Å². The van der Waals surface area contributed by atoms with Crippen LogP contribution in [0.25, 0.3) is 11.2 Å². The lowest BCUT2D eigenvalue weighted by Crippen LogP contribution is -2.37. The first-order chi connectivity index (χ1) is 12.8. The Hall–Kier alpha value is -3.16. The maximum atomic E-state index is 12.7. The number of benzene rings is 1. The summed E-state index contributed by atoms with van der Waals surface area (Å²) < 4.78 is 10.0. The second-order valence-electron chi connectivity index (χ2n) is 6.90. The summed E-state index contributed by atoms with van der Waals surface area (Å²) in [4.78, 5) is 40.2. The van der Waals surface area contributed by atoms with Crippen molar-refractivity contribution in [1.82, 2.24) is 18.7 Å². The Morgan fingerprint density at radius 3 is 2.37 bits per heavy atom. The second kappa shape index (κ2) is 7.22. The lowest BCUT2D eigenvalue weighted by molar-refractivity contribution is 0.112. The maximum Gasteiger partial charge on any atom is 0.332 e. The molecule has 3 rings (SSSR count). The molecular weight excluding hydrogens is 348 g/mol. The Labute approximate surface area is 155 Å². The van der Waals surface area contributed by atoms with Crippen LogP contribution in [0.15, 0.2) is 33.9 Å². The van der Waals surface area contributed by atoms with E-state index in [9.17, 15) is 14.4 Å². The molecule has 2 heterocycles. The van der Waals surface area contributed by atoms with E-state index < -0.39 is 11.2 Å². The van der Waals surface area contributed by atoms with E-state index in [1.165, 1.54) is 11.6 Å². The number of carbonyl (C=O) groups is 1. The van der Waals surface area contributed by atoms with Crippen molar-refractivity contribution in [2.45, 2.75) is 26.8 Å². The van der Waals surface area contributed by atoms with E-state index in [1.54, 1.807) is 35.9 Å². The molecule has 8 heteroatoms. The molecule has 0 fully saturated rings. The second-order valence-corrected chi connectivity index (χ2v) is 6.90. The summed E-state index contributed by atoms with van der Waals surface area (Å²) in [5, 5.41) is 0. The van der Waals surface area contributed by atoms with E-state index in [4.69, 9.17) is 4.74 Å². The number of aryl methyl sites for hydroxylation is 2. The van der Waals surface area contributed by atoms with Crippen LogP contribution in [-0.2, 0) is 20.6 Å². The fourth-order valence-electron chi connectivity index (χ4n) is 2.82. The van der Waals surface area contributed by atoms with Crippen molar-refractivity contribution in [2.75, 3.05) is 0 Å². The van der Waals surface area contributed by atoms with Crippen LogP contribution >= 0.6 is 0 Å². The number of ether oxygens (including phenoxy) is 1. The summed E-state index contributed by atoms with van der Waals surface area (Å²) in [6, 6.07) is 6.83. The van der Waals surface area contributed by atoms with Gasteiger partial charge in [-0.15, -0.1) is 0 Å². The standard InChI is InChI=1S/C19H22N4O4/c1-12(2)9-10-23-15-16(21(3)19(26)22(4)17(15)25)20-18(23)27-14-7-5-13(11-24)6-8-14/h5-8,11-12H,9-10H2,1-4H3. The smallest absolute Gasteiger partial charge is 0.332 e. The van der Waals surface area contributed by atoms with Gasteiger partial charge in [0, 0.05) is 26.2 Å². The molecule has 27 heavy (non-hydrogen) atoms. The van der Waals surface area contributed by atoms with Gasteiger partial charge in [0.2, 0.25) is 0 Å². The van der Waals surface area contributed by atoms with Gasteiger partial charge in [0.05, 0.1) is 0 Å². The Morgan fingerprint density at radius 1 is 1.11 bits per heavy atom. The van der Waals surface area contributed by atoms with Gasteiger partial charge >= 0.3 is 11.7 Å². The Morgan fingerprint density at radius 2 is 1.78 bits per heavy atom. The van der Waals surface area contributed by atoms with Gasteiger partial charge in [0.15, 0.2) is 11.2 Å². The number of fused-ring (bicyclic) bond motifs is 1. The molecule has 1 aromatic carbocycles. The van der Waals surface area contributed by atoms with Gasteiger partial charge in [-0.1, -0.05) is 13.8 Å². The molecule has 0 aliphatic carbocycles. The number of rotatable bonds is 6. The lowest BCUT2D eigenvalue weighted by atomic mass is 10.1. The van der Waals surface area contributed by atoms with E-state index in [0.29, 0.717) is 29.3 Å². The quantitative estimate of drug-likeness (QED) is 0.620. The van der Waals surface area contributed by atoms with Crippen LogP contribution < -0.4 is 16.0 Å². The zero-order valence-electron chi connectivity index (χ0n) is 15.8. The first-order valence-electron chi connectivity index (χ1n) is 8.72. The highest BCUT2D eigenvalue weighted by Gasteiger charge is 2.20. The van der Waals surface area contributed by atoms with Crippen LogP contribution in [0.5, 0.6) is 11.8 Å². The number of imidazole rings is 1. The van der Waals surface area contributed by atoms with E-state index in [0.717, 1.165) is 17.3 Å². The molecule has 0 N–H and O–H groups in total. The molecule has 8 nitrogen and oxygen atoms in total. The van der Waals surface area contributed by atoms with Gasteiger partial charge in [0.1, 0.15) is 12.0 Å². The molecule has 0 aliphatic heterocycles. The molecule has 2 aromatic heterocycles. The molecular formula is C19H22N4O4. The summed E-state index contributed by atoms with van der Waals surface area (Å²) in [5.74, 6) is 0.905. The molecule has 0 radical (unpaired) electrons. The molecule has 0 unspecified atom stereocenters. The zero-order valence-corrected chi connectivity index (χ0v) is 15.8. The third-order valence-electron chi connectivity index (χ3n) is 4.47. The van der Waals surface area contributed by atoms with Gasteiger partial charge in [-0.05, 0) is 36.6 Å². The highest BCUT2D eigenvalue weighted by Crippen LogP contribution is 2.25. The van der Waals surface area contributed by atoms with Gasteiger partial charge in [0.25, 0.3) is 5.56 Å². The van der Waals surface area contributed by atoms with Gasteiger partial charge in [-0.25, -0.2) is 4.79 Å². The molecule has 0 atom stereocenters. The van der Waals surface area contributed by atoms with E-state index in [1.807, 2.05) is 0 Å². The fourth-order valence-corrected chi connectivity index (χ4v) is 2.82. The normalized spacial score (nSPS) is 11.3. The molecule has 0 saturated heterocycles. The summed E-state index contributed by atoms with van der Waals surface area (Å²) in [7, 11) is 3.02. The third-order valence-corrected chi connectivity index (χ3v) is 4.47. The molecule has 142 valence electrons. The highest BCUT2D eigenvalue weighted by atomic mass is 16.5. The van der Waals surface area contributed by atoms with Crippen LogP contribution in [0.1, 0.15) is 30.6 Å². The zero-order chi connectivity index (χ0) is 19.7. The number of aldehydes is 1. The van der Waals surface area contributed by atoms with Gasteiger partial charge < -0.3 is 4.74 Å².